The van der Waals surface area contributed by atoms with Crippen molar-refractivity contribution in [1.29, 1.82) is 0 Å². The van der Waals surface area contributed by atoms with Crippen LogP contribution >= 0.6 is 0 Å². The second-order valence-corrected chi connectivity index (χ2v) is 1.05. The zero-order valence-electron chi connectivity index (χ0n) is 3.85. The molecular weight excluding hydrogens is 108 g/mol. The van der Waals surface area contributed by atoms with Crippen molar-refractivity contribution in [3.05, 3.63) is 22.6 Å². The van der Waals surface area contributed by atoms with Gasteiger partial charge in [-0.15, -0.1) is 5.10 Å². The number of nitrogens with zero attached hydrogens (tertiary/aromatic N) is 4. The van der Waals surface area contributed by atoms with E-state index in [1.807, 2.05) is 0 Å². The summed E-state index contributed by atoms with van der Waals surface area (Å²) in [4.78, 5) is 10.2. The predicted molar refractivity (Wildman–Crippen MR) is 23.9 cm³/mol. The predicted octanol–water partition coefficient (Wildman–Crippen LogP) is -1.37. The fraction of sp³-hybridized carbons (Fsp3) is 0. The third kappa shape index (κ3) is 1.04. The summed E-state index contributed by atoms with van der Waals surface area (Å²) >= 11 is 0. The summed E-state index contributed by atoms with van der Waals surface area (Å²) in [5, 5.41) is 12.5. The minimum atomic E-state index is -0.435. The lowest BCUT2D eigenvalue weighted by atomic mass is 10.7. The number of rotatable bonds is 0. The zero-order valence-corrected chi connectivity index (χ0v) is 3.85. The SMILES string of the molecule is O=c1ccnnnn1. The van der Waals surface area contributed by atoms with Gasteiger partial charge in [0.2, 0.25) is 0 Å². The van der Waals surface area contributed by atoms with Gasteiger partial charge in [0.15, 0.2) is 0 Å². The van der Waals surface area contributed by atoms with Gasteiger partial charge in [0.25, 0.3) is 5.56 Å². The lowest BCUT2D eigenvalue weighted by Crippen LogP contribution is -1.99. The van der Waals surface area contributed by atoms with Gasteiger partial charge >= 0.3 is 0 Å². The Labute approximate surface area is 44.4 Å². The van der Waals surface area contributed by atoms with Crippen molar-refractivity contribution in [2.24, 2.45) is 0 Å². The van der Waals surface area contributed by atoms with Crippen LogP contribution in [0.15, 0.2) is 17.1 Å². The first-order chi connectivity index (χ1) is 3.89. The van der Waals surface area contributed by atoms with E-state index in [2.05, 4.69) is 20.6 Å². The molecule has 0 aliphatic heterocycles. The van der Waals surface area contributed by atoms with Crippen LogP contribution in [0.1, 0.15) is 0 Å². The molecule has 0 saturated carbocycles. The molecule has 1 aromatic rings. The average molecular weight is 110 g/mol. The Morgan fingerprint density at radius 3 is 3.12 bits per heavy atom. The van der Waals surface area contributed by atoms with Gasteiger partial charge in [-0.3, -0.25) is 4.79 Å². The summed E-state index contributed by atoms with van der Waals surface area (Å²) in [5.41, 5.74) is -0.435. The highest BCUT2D eigenvalue weighted by molar-refractivity contribution is 4.71. The van der Waals surface area contributed by atoms with Crippen molar-refractivity contribution in [2.45, 2.75) is 0 Å². The molecular formula is C3H2N4O. The second-order valence-electron chi connectivity index (χ2n) is 1.05. The molecule has 0 aliphatic carbocycles. The first-order valence-corrected chi connectivity index (χ1v) is 1.91. The van der Waals surface area contributed by atoms with Crippen LogP contribution in [0.25, 0.3) is 0 Å². The van der Waals surface area contributed by atoms with Crippen LogP contribution in [-0.4, -0.2) is 20.6 Å². The van der Waals surface area contributed by atoms with E-state index in [9.17, 15) is 4.79 Å². The Balaban J connectivity index is 3.32. The van der Waals surface area contributed by atoms with Crippen molar-refractivity contribution in [3.63, 3.8) is 0 Å². The molecule has 8 heavy (non-hydrogen) atoms. The molecule has 5 nitrogen and oxygen atoms in total. The van der Waals surface area contributed by atoms with E-state index in [1.54, 1.807) is 0 Å². The van der Waals surface area contributed by atoms with Gasteiger partial charge in [-0.2, -0.15) is 0 Å². The first kappa shape index (κ1) is 4.76. The molecule has 40 valence electrons. The Kier molecular flexibility index (Phi) is 1.23. The fourth-order valence-electron chi connectivity index (χ4n) is 0.247. The average Bonchev–Trinajstić information content (AvgIpc) is 1.94. The van der Waals surface area contributed by atoms with Crippen molar-refractivity contribution in [3.8, 4) is 0 Å². The van der Waals surface area contributed by atoms with Crippen molar-refractivity contribution in [2.75, 3.05) is 0 Å². The summed E-state index contributed by atoms with van der Waals surface area (Å²) in [6, 6.07) is 1.18. The molecule has 0 atom stereocenters. The highest BCUT2D eigenvalue weighted by Crippen LogP contribution is 1.50. The topological polar surface area (TPSA) is 68.6 Å². The lowest BCUT2D eigenvalue weighted by Gasteiger charge is -1.53. The van der Waals surface area contributed by atoms with Crippen molar-refractivity contribution < 1.29 is 0 Å². The maximum absolute atomic E-state index is 10.2. The van der Waals surface area contributed by atoms with Crippen molar-refractivity contribution >= 4 is 0 Å². The van der Waals surface area contributed by atoms with Crippen molar-refractivity contribution in [1.82, 2.24) is 20.6 Å². The van der Waals surface area contributed by atoms with Crippen LogP contribution in [0.2, 0.25) is 0 Å². The van der Waals surface area contributed by atoms with E-state index in [0.717, 1.165) is 0 Å². The van der Waals surface area contributed by atoms with Gasteiger partial charge in [-0.1, -0.05) is 5.10 Å². The molecule has 0 aromatic carbocycles. The van der Waals surface area contributed by atoms with E-state index in [0.29, 0.717) is 0 Å². The van der Waals surface area contributed by atoms with Crippen LogP contribution in [0.4, 0.5) is 0 Å². The molecule has 0 radical (unpaired) electrons. The molecule has 0 amide bonds. The van der Waals surface area contributed by atoms with E-state index < -0.39 is 5.56 Å². The van der Waals surface area contributed by atoms with Crippen LogP contribution in [0.5, 0.6) is 0 Å². The third-order valence-electron chi connectivity index (χ3n) is 0.519. The molecule has 0 fully saturated rings. The molecule has 0 aliphatic rings. The minimum absolute atomic E-state index is 0.435. The lowest BCUT2D eigenvalue weighted by molar-refractivity contribution is 0.792. The fourth-order valence-corrected chi connectivity index (χ4v) is 0.247. The van der Waals surface area contributed by atoms with E-state index in [-0.39, 0.29) is 0 Å². The van der Waals surface area contributed by atoms with Gasteiger partial charge < -0.3 is 0 Å². The van der Waals surface area contributed by atoms with E-state index >= 15 is 0 Å². The second kappa shape index (κ2) is 2.06. The maximum atomic E-state index is 10.2. The highest BCUT2D eigenvalue weighted by Gasteiger charge is 1.74. The zero-order chi connectivity index (χ0) is 5.82. The first-order valence-electron chi connectivity index (χ1n) is 1.91. The molecule has 0 unspecified atom stereocenters. The van der Waals surface area contributed by atoms with Crippen LogP contribution < -0.4 is 5.56 Å². The van der Waals surface area contributed by atoms with Crippen LogP contribution in [0.3, 0.4) is 0 Å². The van der Waals surface area contributed by atoms with E-state index in [1.165, 1.54) is 12.3 Å². The Morgan fingerprint density at radius 2 is 2.25 bits per heavy atom. The molecule has 0 saturated heterocycles. The third-order valence-corrected chi connectivity index (χ3v) is 0.519. The van der Waals surface area contributed by atoms with Gasteiger partial charge in [0, 0.05) is 6.07 Å². The summed E-state index contributed by atoms with van der Waals surface area (Å²) < 4.78 is 0. The monoisotopic (exact) mass is 110 g/mol. The number of hydrogen-bond acceptors (Lipinski definition) is 5. The van der Waals surface area contributed by atoms with E-state index in [4.69, 9.17) is 0 Å². The number of aromatic nitrogens is 4. The van der Waals surface area contributed by atoms with Gasteiger partial charge in [-0.05, 0) is 10.4 Å². The highest BCUT2D eigenvalue weighted by atomic mass is 16.1. The molecule has 0 spiro atoms. The van der Waals surface area contributed by atoms with Gasteiger partial charge in [-0.25, -0.2) is 0 Å². The molecule has 0 bridgehead atoms. The Morgan fingerprint density at radius 1 is 1.38 bits per heavy atom. The minimum Gasteiger partial charge on any atom is -0.266 e. The van der Waals surface area contributed by atoms with Gasteiger partial charge in [0.1, 0.15) is 0 Å². The largest absolute Gasteiger partial charge is 0.291 e. The quantitative estimate of drug-likeness (QED) is 0.412. The maximum Gasteiger partial charge on any atom is 0.291 e. The Hall–Kier alpha value is -1.39. The molecule has 0 N–H and O–H groups in total. The molecule has 1 aromatic heterocycles. The summed E-state index contributed by atoms with van der Waals surface area (Å²) in [7, 11) is 0. The normalized spacial score (nSPS) is 8.50. The summed E-state index contributed by atoms with van der Waals surface area (Å²) in [6.07, 6.45) is 1.24. The number of hydrogen-bond donors (Lipinski definition) is 0. The standard InChI is InChI=1S/C3H2N4O/c8-3-1-2-4-6-7-5-3/h1-2H. The van der Waals surface area contributed by atoms with Crippen LogP contribution in [-0.2, 0) is 0 Å². The van der Waals surface area contributed by atoms with Crippen LogP contribution in [0, 0.1) is 0 Å². The molecule has 1 heterocycles. The van der Waals surface area contributed by atoms with Gasteiger partial charge in [0.05, 0.1) is 6.20 Å². The summed E-state index contributed by atoms with van der Waals surface area (Å²) in [5.74, 6) is 0. The molecule has 5 heteroatoms. The smallest absolute Gasteiger partial charge is 0.266 e. The Bertz CT molecular complexity index is 202. The summed E-state index contributed by atoms with van der Waals surface area (Å²) in [6.45, 7) is 0. The molecule has 1 rings (SSSR count).